The molecule has 2 aromatic rings. The number of carbonyl (C=O) groups is 1. The zero-order valence-electron chi connectivity index (χ0n) is 11.9. The van der Waals surface area contributed by atoms with E-state index in [-0.39, 0.29) is 5.91 Å². The van der Waals surface area contributed by atoms with E-state index in [1.807, 2.05) is 31.2 Å². The molecular formula is C17H17BrN2O. The van der Waals surface area contributed by atoms with E-state index in [2.05, 4.69) is 38.7 Å². The van der Waals surface area contributed by atoms with Gasteiger partial charge in [0.15, 0.2) is 0 Å². The first-order valence-corrected chi connectivity index (χ1v) is 7.83. The van der Waals surface area contributed by atoms with Crippen LogP contribution in [0.2, 0.25) is 0 Å². The van der Waals surface area contributed by atoms with Crippen LogP contribution in [0.15, 0.2) is 40.9 Å². The summed E-state index contributed by atoms with van der Waals surface area (Å²) in [7, 11) is 0. The van der Waals surface area contributed by atoms with Crippen molar-refractivity contribution >= 4 is 27.5 Å². The van der Waals surface area contributed by atoms with Gasteiger partial charge in [-0.05, 0) is 60.8 Å². The Morgan fingerprint density at radius 1 is 1.24 bits per heavy atom. The molecule has 2 aromatic carbocycles. The average molecular weight is 345 g/mol. The highest BCUT2D eigenvalue weighted by Crippen LogP contribution is 2.22. The Bertz CT molecular complexity index is 697. The lowest BCUT2D eigenvalue weighted by Crippen LogP contribution is -2.23. The first-order chi connectivity index (χ1) is 10.1. The van der Waals surface area contributed by atoms with E-state index >= 15 is 0 Å². The summed E-state index contributed by atoms with van der Waals surface area (Å²) in [6.45, 7) is 3.83. The highest BCUT2D eigenvalue weighted by atomic mass is 79.9. The molecule has 108 valence electrons. The van der Waals surface area contributed by atoms with Crippen LogP contribution in [0.25, 0.3) is 0 Å². The van der Waals surface area contributed by atoms with E-state index in [0.29, 0.717) is 5.56 Å². The number of nitrogens with one attached hydrogen (secondary N) is 2. The van der Waals surface area contributed by atoms with Gasteiger partial charge in [0.1, 0.15) is 0 Å². The summed E-state index contributed by atoms with van der Waals surface area (Å²) in [5, 5.41) is 6.34. The Hall–Kier alpha value is -1.65. The fourth-order valence-corrected chi connectivity index (χ4v) is 2.98. The Balaban J connectivity index is 1.83. The number of fused-ring (bicyclic) bond motifs is 1. The predicted octanol–water partition coefficient (Wildman–Crippen LogP) is 3.66. The molecule has 0 fully saturated rings. The highest BCUT2D eigenvalue weighted by Gasteiger charge is 2.13. The van der Waals surface area contributed by atoms with Crippen LogP contribution in [-0.4, -0.2) is 12.5 Å². The van der Waals surface area contributed by atoms with Crippen LogP contribution in [0.5, 0.6) is 0 Å². The summed E-state index contributed by atoms with van der Waals surface area (Å²) in [6.07, 6.45) is 1.05. The van der Waals surface area contributed by atoms with Crippen LogP contribution in [0.4, 0.5) is 5.69 Å². The standard InChI is InChI=1S/C17H17BrN2O/c1-11-15(3-2-4-16(11)18)17(21)20-14-6-5-12-7-8-19-10-13(12)9-14/h2-6,9,19H,7-8,10H2,1H3,(H,20,21). The molecule has 21 heavy (non-hydrogen) atoms. The van der Waals surface area contributed by atoms with Gasteiger partial charge in [-0.25, -0.2) is 0 Å². The van der Waals surface area contributed by atoms with Gasteiger partial charge in [0.25, 0.3) is 5.91 Å². The monoisotopic (exact) mass is 344 g/mol. The second kappa shape index (κ2) is 6.00. The third-order valence-corrected chi connectivity index (χ3v) is 4.72. The fraction of sp³-hybridized carbons (Fsp3) is 0.235. The first-order valence-electron chi connectivity index (χ1n) is 7.04. The Morgan fingerprint density at radius 2 is 2.10 bits per heavy atom. The van der Waals surface area contributed by atoms with Crippen LogP contribution in [-0.2, 0) is 13.0 Å². The van der Waals surface area contributed by atoms with E-state index < -0.39 is 0 Å². The summed E-state index contributed by atoms with van der Waals surface area (Å²) in [6, 6.07) is 11.8. The number of rotatable bonds is 2. The molecule has 0 spiro atoms. The summed E-state index contributed by atoms with van der Waals surface area (Å²) < 4.78 is 0.949. The molecule has 0 unspecified atom stereocenters. The summed E-state index contributed by atoms with van der Waals surface area (Å²) in [4.78, 5) is 12.4. The maximum Gasteiger partial charge on any atom is 0.255 e. The lowest BCUT2D eigenvalue weighted by molar-refractivity contribution is 0.102. The van der Waals surface area contributed by atoms with Crippen molar-refractivity contribution in [3.05, 3.63) is 63.1 Å². The molecule has 1 heterocycles. The zero-order chi connectivity index (χ0) is 14.8. The lowest BCUT2D eigenvalue weighted by atomic mass is 10.0. The van der Waals surface area contributed by atoms with Gasteiger partial charge in [-0.1, -0.05) is 28.1 Å². The Labute approximate surface area is 132 Å². The van der Waals surface area contributed by atoms with Crippen molar-refractivity contribution in [2.24, 2.45) is 0 Å². The quantitative estimate of drug-likeness (QED) is 0.872. The second-order valence-electron chi connectivity index (χ2n) is 5.28. The molecule has 3 rings (SSSR count). The summed E-state index contributed by atoms with van der Waals surface area (Å²) >= 11 is 3.46. The number of amides is 1. The van der Waals surface area contributed by atoms with Crippen LogP contribution in [0.3, 0.4) is 0 Å². The Morgan fingerprint density at radius 3 is 2.95 bits per heavy atom. The van der Waals surface area contributed by atoms with Crippen LogP contribution >= 0.6 is 15.9 Å². The van der Waals surface area contributed by atoms with Crippen molar-refractivity contribution < 1.29 is 4.79 Å². The maximum atomic E-state index is 12.4. The zero-order valence-corrected chi connectivity index (χ0v) is 13.5. The number of anilines is 1. The molecule has 0 saturated carbocycles. The minimum Gasteiger partial charge on any atom is -0.322 e. The molecule has 0 aromatic heterocycles. The molecule has 1 amide bonds. The van der Waals surface area contributed by atoms with E-state index in [0.717, 1.165) is 35.2 Å². The molecule has 0 saturated heterocycles. The molecule has 1 aliphatic heterocycles. The summed E-state index contributed by atoms with van der Waals surface area (Å²) in [5.41, 5.74) is 5.13. The molecule has 3 nitrogen and oxygen atoms in total. The normalized spacial score (nSPS) is 13.6. The molecule has 4 heteroatoms. The van der Waals surface area contributed by atoms with Gasteiger partial charge in [-0.3, -0.25) is 4.79 Å². The van der Waals surface area contributed by atoms with Gasteiger partial charge in [-0.2, -0.15) is 0 Å². The topological polar surface area (TPSA) is 41.1 Å². The maximum absolute atomic E-state index is 12.4. The minimum absolute atomic E-state index is 0.0717. The third kappa shape index (κ3) is 3.01. The highest BCUT2D eigenvalue weighted by molar-refractivity contribution is 9.10. The van der Waals surface area contributed by atoms with Crippen molar-refractivity contribution in [3.8, 4) is 0 Å². The van der Waals surface area contributed by atoms with E-state index in [4.69, 9.17) is 0 Å². The van der Waals surface area contributed by atoms with E-state index in [9.17, 15) is 4.79 Å². The Kier molecular flexibility index (Phi) is 4.08. The predicted molar refractivity (Wildman–Crippen MR) is 88.7 cm³/mol. The number of carbonyl (C=O) groups excluding carboxylic acids is 1. The minimum atomic E-state index is -0.0717. The van der Waals surface area contributed by atoms with Crippen molar-refractivity contribution in [2.45, 2.75) is 19.9 Å². The third-order valence-electron chi connectivity index (χ3n) is 3.86. The number of hydrogen-bond donors (Lipinski definition) is 2. The van der Waals surface area contributed by atoms with Gasteiger partial charge in [0.05, 0.1) is 0 Å². The summed E-state index contributed by atoms with van der Waals surface area (Å²) in [5.74, 6) is -0.0717. The largest absolute Gasteiger partial charge is 0.322 e. The van der Waals surface area contributed by atoms with Gasteiger partial charge in [0, 0.05) is 22.3 Å². The second-order valence-corrected chi connectivity index (χ2v) is 6.13. The van der Waals surface area contributed by atoms with Gasteiger partial charge in [-0.15, -0.1) is 0 Å². The molecule has 0 bridgehead atoms. The van der Waals surface area contributed by atoms with E-state index in [1.54, 1.807) is 0 Å². The molecule has 1 aliphatic rings. The van der Waals surface area contributed by atoms with Gasteiger partial charge in [0.2, 0.25) is 0 Å². The fourth-order valence-electron chi connectivity index (χ4n) is 2.61. The van der Waals surface area contributed by atoms with Crippen molar-refractivity contribution in [2.75, 3.05) is 11.9 Å². The van der Waals surface area contributed by atoms with Gasteiger partial charge < -0.3 is 10.6 Å². The van der Waals surface area contributed by atoms with Crippen molar-refractivity contribution in [1.82, 2.24) is 5.32 Å². The molecule has 0 radical (unpaired) electrons. The van der Waals surface area contributed by atoms with Gasteiger partial charge >= 0.3 is 0 Å². The first kappa shape index (κ1) is 14.3. The van der Waals surface area contributed by atoms with Crippen LogP contribution in [0, 0.1) is 6.92 Å². The molecule has 0 atom stereocenters. The average Bonchev–Trinajstić information content (AvgIpc) is 2.50. The van der Waals surface area contributed by atoms with Crippen LogP contribution in [0.1, 0.15) is 27.0 Å². The smallest absolute Gasteiger partial charge is 0.255 e. The molecular weight excluding hydrogens is 328 g/mol. The molecule has 2 N–H and O–H groups in total. The van der Waals surface area contributed by atoms with E-state index in [1.165, 1.54) is 11.1 Å². The SMILES string of the molecule is Cc1c(Br)cccc1C(=O)Nc1ccc2c(c1)CNCC2. The molecule has 0 aliphatic carbocycles. The van der Waals surface area contributed by atoms with Crippen molar-refractivity contribution in [3.63, 3.8) is 0 Å². The number of halogens is 1. The number of hydrogen-bond acceptors (Lipinski definition) is 2. The van der Waals surface area contributed by atoms with Crippen LogP contribution < -0.4 is 10.6 Å². The van der Waals surface area contributed by atoms with Crippen molar-refractivity contribution in [1.29, 1.82) is 0 Å². The lowest BCUT2D eigenvalue weighted by Gasteiger charge is -2.18. The number of benzene rings is 2.